The highest BCUT2D eigenvalue weighted by Crippen LogP contribution is 2.29. The zero-order valence-electron chi connectivity index (χ0n) is 14.2. The van der Waals surface area contributed by atoms with E-state index in [1.54, 1.807) is 35.2 Å². The van der Waals surface area contributed by atoms with E-state index < -0.39 is 15.9 Å². The van der Waals surface area contributed by atoms with Crippen LogP contribution in [0.25, 0.3) is 4.91 Å². The van der Waals surface area contributed by atoms with Crippen LogP contribution < -0.4 is 5.32 Å². The second kappa shape index (κ2) is 7.00. The van der Waals surface area contributed by atoms with Gasteiger partial charge in [-0.2, -0.15) is 0 Å². The summed E-state index contributed by atoms with van der Waals surface area (Å²) in [5, 5.41) is 2.77. The van der Waals surface area contributed by atoms with Crippen LogP contribution in [0, 0.1) is 0 Å². The van der Waals surface area contributed by atoms with E-state index in [0.29, 0.717) is 42.0 Å². The van der Waals surface area contributed by atoms with Gasteiger partial charge < -0.3 is 10.2 Å². The van der Waals surface area contributed by atoms with Gasteiger partial charge in [0, 0.05) is 18.7 Å². The van der Waals surface area contributed by atoms with Crippen molar-refractivity contribution in [1.82, 2.24) is 10.2 Å². The highest BCUT2D eigenvalue weighted by atomic mass is 32.2. The monoisotopic (exact) mass is 362 g/mol. The fraction of sp³-hybridized carbons (Fsp3) is 0.444. The van der Waals surface area contributed by atoms with E-state index >= 15 is 0 Å². The minimum atomic E-state index is -3.26. The van der Waals surface area contributed by atoms with Gasteiger partial charge in [0.25, 0.3) is 5.91 Å². The van der Waals surface area contributed by atoms with Crippen molar-refractivity contribution in [3.05, 3.63) is 41.5 Å². The molecular formula is C18H22N2O4S. The van der Waals surface area contributed by atoms with Gasteiger partial charge in [-0.15, -0.1) is 0 Å². The molecule has 2 heterocycles. The number of sulfone groups is 1. The zero-order valence-corrected chi connectivity index (χ0v) is 15.0. The van der Waals surface area contributed by atoms with E-state index in [4.69, 9.17) is 0 Å². The van der Waals surface area contributed by atoms with Gasteiger partial charge in [-0.25, -0.2) is 8.42 Å². The summed E-state index contributed by atoms with van der Waals surface area (Å²) in [5.41, 5.74) is 0.953. The standard InChI is InChI=1S/C18H22N2O4S/c1-2-19-17(21)15-8-4-10-20(15)18(22)14-7-3-6-13(12-14)16-9-5-11-25(16,23)24/h3,6-7,9,12,15H,2,4-5,8,10-11H2,1H3,(H,19,21)/t15-/m0/s1. The number of rotatable bonds is 4. The number of nitrogens with one attached hydrogen (secondary N) is 1. The molecule has 0 aliphatic carbocycles. The highest BCUT2D eigenvalue weighted by Gasteiger charge is 2.34. The highest BCUT2D eigenvalue weighted by molar-refractivity contribution is 8.00. The summed E-state index contributed by atoms with van der Waals surface area (Å²) in [4.78, 5) is 26.9. The van der Waals surface area contributed by atoms with Crippen LogP contribution in [0.2, 0.25) is 0 Å². The maximum atomic E-state index is 12.9. The number of carbonyl (C=O) groups excluding carboxylic acids is 2. The van der Waals surface area contributed by atoms with Crippen molar-refractivity contribution in [2.24, 2.45) is 0 Å². The van der Waals surface area contributed by atoms with E-state index in [0.717, 1.165) is 6.42 Å². The number of allylic oxidation sites excluding steroid dienone is 1. The van der Waals surface area contributed by atoms with E-state index in [1.807, 2.05) is 6.92 Å². The minimum absolute atomic E-state index is 0.117. The van der Waals surface area contributed by atoms with Crippen LogP contribution in [-0.4, -0.2) is 50.0 Å². The predicted octanol–water partition coefficient (Wildman–Crippen LogP) is 1.59. The molecule has 2 amide bonds. The third-order valence-corrected chi connectivity index (χ3v) is 6.46. The largest absolute Gasteiger partial charge is 0.355 e. The Morgan fingerprint density at radius 2 is 2.12 bits per heavy atom. The van der Waals surface area contributed by atoms with E-state index in [9.17, 15) is 18.0 Å². The third-order valence-electron chi connectivity index (χ3n) is 4.61. The van der Waals surface area contributed by atoms with Crippen LogP contribution >= 0.6 is 0 Å². The number of likely N-dealkylation sites (N-methyl/N-ethyl adjacent to an activating group) is 1. The van der Waals surface area contributed by atoms with Crippen molar-refractivity contribution in [2.45, 2.75) is 32.2 Å². The molecule has 1 fully saturated rings. The molecule has 2 aliphatic rings. The lowest BCUT2D eigenvalue weighted by molar-refractivity contribution is -0.124. The zero-order chi connectivity index (χ0) is 18.0. The molecule has 1 N–H and O–H groups in total. The van der Waals surface area contributed by atoms with Crippen LogP contribution in [0.1, 0.15) is 42.1 Å². The minimum Gasteiger partial charge on any atom is -0.355 e. The van der Waals surface area contributed by atoms with Crippen LogP contribution in [0.3, 0.4) is 0 Å². The first-order chi connectivity index (χ1) is 11.9. The molecule has 134 valence electrons. The maximum Gasteiger partial charge on any atom is 0.254 e. The van der Waals surface area contributed by atoms with E-state index in [2.05, 4.69) is 5.32 Å². The van der Waals surface area contributed by atoms with Gasteiger partial charge in [0.15, 0.2) is 9.84 Å². The first-order valence-corrected chi connectivity index (χ1v) is 10.2. The number of likely N-dealkylation sites (tertiary alicyclic amines) is 1. The molecule has 0 spiro atoms. The van der Waals surface area contributed by atoms with Crippen LogP contribution in [0.5, 0.6) is 0 Å². The fourth-order valence-electron chi connectivity index (χ4n) is 3.43. The molecule has 2 aliphatic heterocycles. The lowest BCUT2D eigenvalue weighted by atomic mass is 10.1. The fourth-order valence-corrected chi connectivity index (χ4v) is 4.93. The molecule has 6 nitrogen and oxygen atoms in total. The molecule has 25 heavy (non-hydrogen) atoms. The first-order valence-electron chi connectivity index (χ1n) is 8.56. The van der Waals surface area contributed by atoms with Crippen molar-refractivity contribution in [3.8, 4) is 0 Å². The number of carbonyl (C=O) groups is 2. The van der Waals surface area contributed by atoms with E-state index in [1.165, 1.54) is 0 Å². The first kappa shape index (κ1) is 17.7. The summed E-state index contributed by atoms with van der Waals surface area (Å²) in [6.07, 6.45) is 3.64. The van der Waals surface area contributed by atoms with Crippen molar-refractivity contribution in [3.63, 3.8) is 0 Å². The van der Waals surface area contributed by atoms with Crippen molar-refractivity contribution in [1.29, 1.82) is 0 Å². The van der Waals surface area contributed by atoms with Crippen LogP contribution in [0.15, 0.2) is 30.3 Å². The average molecular weight is 362 g/mol. The van der Waals surface area contributed by atoms with Gasteiger partial charge in [0.05, 0.1) is 10.7 Å². The number of hydrogen-bond donors (Lipinski definition) is 1. The molecule has 0 bridgehead atoms. The van der Waals surface area contributed by atoms with Gasteiger partial charge in [0.1, 0.15) is 6.04 Å². The molecule has 0 radical (unpaired) electrons. The molecule has 1 atom stereocenters. The molecule has 7 heteroatoms. The molecular weight excluding hydrogens is 340 g/mol. The molecule has 1 aromatic carbocycles. The molecule has 0 unspecified atom stereocenters. The van der Waals surface area contributed by atoms with Gasteiger partial charge in [-0.3, -0.25) is 9.59 Å². The van der Waals surface area contributed by atoms with Crippen molar-refractivity contribution in [2.75, 3.05) is 18.8 Å². The summed E-state index contributed by atoms with van der Waals surface area (Å²) in [6, 6.07) is 6.22. The Labute approximate surface area is 147 Å². The Bertz CT molecular complexity index is 829. The lowest BCUT2D eigenvalue weighted by Gasteiger charge is -2.24. The molecule has 0 saturated carbocycles. The normalized spacial score (nSPS) is 21.9. The summed E-state index contributed by atoms with van der Waals surface area (Å²) in [6.45, 7) is 2.91. The Morgan fingerprint density at radius 1 is 1.32 bits per heavy atom. The predicted molar refractivity (Wildman–Crippen MR) is 95.6 cm³/mol. The van der Waals surface area contributed by atoms with Gasteiger partial charge in [0.2, 0.25) is 5.91 Å². The van der Waals surface area contributed by atoms with Crippen LogP contribution in [0.4, 0.5) is 0 Å². The van der Waals surface area contributed by atoms with Crippen LogP contribution in [-0.2, 0) is 14.6 Å². The van der Waals surface area contributed by atoms with Gasteiger partial charge in [-0.05, 0) is 43.9 Å². The summed E-state index contributed by atoms with van der Waals surface area (Å²) >= 11 is 0. The number of nitrogens with zero attached hydrogens (tertiary/aromatic N) is 1. The second-order valence-electron chi connectivity index (χ2n) is 6.31. The summed E-state index contributed by atoms with van der Waals surface area (Å²) in [5.74, 6) is -0.247. The van der Waals surface area contributed by atoms with Gasteiger partial charge >= 0.3 is 0 Å². The molecule has 3 rings (SSSR count). The third kappa shape index (κ3) is 3.46. The second-order valence-corrected chi connectivity index (χ2v) is 8.39. The quantitative estimate of drug-likeness (QED) is 0.882. The summed E-state index contributed by atoms with van der Waals surface area (Å²) < 4.78 is 24.2. The SMILES string of the molecule is CCNC(=O)[C@@H]1CCCN1C(=O)c1cccc(C2=CCCS2(=O)=O)c1. The Kier molecular flexibility index (Phi) is 4.94. The smallest absolute Gasteiger partial charge is 0.254 e. The Morgan fingerprint density at radius 3 is 2.80 bits per heavy atom. The topological polar surface area (TPSA) is 83.6 Å². The molecule has 0 aromatic heterocycles. The van der Waals surface area contributed by atoms with Gasteiger partial charge in [-0.1, -0.05) is 18.2 Å². The molecule has 1 aromatic rings. The maximum absolute atomic E-state index is 12.9. The Hall–Kier alpha value is -2.15. The number of benzene rings is 1. The lowest BCUT2D eigenvalue weighted by Crippen LogP contribution is -2.45. The Balaban J connectivity index is 1.86. The van der Waals surface area contributed by atoms with Crippen molar-refractivity contribution < 1.29 is 18.0 Å². The molecule has 1 saturated heterocycles. The van der Waals surface area contributed by atoms with Crippen molar-refractivity contribution >= 4 is 26.6 Å². The number of amides is 2. The number of hydrogen-bond acceptors (Lipinski definition) is 4. The summed E-state index contributed by atoms with van der Waals surface area (Å²) in [7, 11) is -3.26. The van der Waals surface area contributed by atoms with E-state index in [-0.39, 0.29) is 17.6 Å². The average Bonchev–Trinajstić information content (AvgIpc) is 3.20.